The molecule has 1 saturated heterocycles. The van der Waals surface area contributed by atoms with Crippen molar-refractivity contribution >= 4 is 23.4 Å². The van der Waals surface area contributed by atoms with E-state index in [2.05, 4.69) is 20.7 Å². The highest BCUT2D eigenvalue weighted by atomic mass is 35.5. The fraction of sp³-hybridized carbons (Fsp3) is 0.438. The molecule has 132 valence electrons. The summed E-state index contributed by atoms with van der Waals surface area (Å²) < 4.78 is 0. The molecule has 1 N–H and O–H groups in total. The molecule has 1 aliphatic heterocycles. The van der Waals surface area contributed by atoms with Gasteiger partial charge in [-0.25, -0.2) is 0 Å². The smallest absolute Gasteiger partial charge is 0.243 e. The Bertz CT molecular complexity index is 760. The van der Waals surface area contributed by atoms with Crippen LogP contribution in [0.5, 0.6) is 0 Å². The average molecular weight is 363 g/mol. The van der Waals surface area contributed by atoms with Crippen LogP contribution in [0, 0.1) is 0 Å². The van der Waals surface area contributed by atoms with Crippen LogP contribution in [-0.2, 0) is 16.1 Å². The fourth-order valence-electron chi connectivity index (χ4n) is 2.75. The molecule has 25 heavy (non-hydrogen) atoms. The van der Waals surface area contributed by atoms with Gasteiger partial charge >= 0.3 is 0 Å². The summed E-state index contributed by atoms with van der Waals surface area (Å²) in [4.78, 5) is 26.7. The molecule has 1 aromatic carbocycles. The van der Waals surface area contributed by atoms with Crippen molar-refractivity contribution in [3.05, 3.63) is 29.3 Å². The third-order valence-corrected chi connectivity index (χ3v) is 4.17. The van der Waals surface area contributed by atoms with Crippen LogP contribution in [0.1, 0.15) is 19.8 Å². The van der Waals surface area contributed by atoms with Crippen molar-refractivity contribution in [2.24, 2.45) is 0 Å². The average Bonchev–Trinajstić information content (AvgIpc) is 3.18. The number of hydrogen-bond acceptors (Lipinski definition) is 5. The standard InChI is InChI=1S/C16H19ClN6O2/c1-11(9-22-8-2-3-15(22)25)18-14(24)10-23-20-16(19-21-23)12-4-6-13(17)7-5-12/h4-7,11H,2-3,8-10H2,1H3,(H,18,24). The molecule has 0 radical (unpaired) electrons. The van der Waals surface area contributed by atoms with Gasteiger partial charge in [-0.3, -0.25) is 9.59 Å². The minimum absolute atomic E-state index is 0.0289. The van der Waals surface area contributed by atoms with E-state index >= 15 is 0 Å². The Hall–Kier alpha value is -2.48. The highest BCUT2D eigenvalue weighted by molar-refractivity contribution is 6.30. The summed E-state index contributed by atoms with van der Waals surface area (Å²) in [6.45, 7) is 3.12. The number of carbonyl (C=O) groups is 2. The molecular weight excluding hydrogens is 344 g/mol. The van der Waals surface area contributed by atoms with Crippen molar-refractivity contribution in [2.45, 2.75) is 32.4 Å². The van der Waals surface area contributed by atoms with Crippen LogP contribution in [-0.4, -0.2) is 56.1 Å². The minimum atomic E-state index is -0.223. The van der Waals surface area contributed by atoms with Crippen molar-refractivity contribution in [2.75, 3.05) is 13.1 Å². The quantitative estimate of drug-likeness (QED) is 0.831. The maximum absolute atomic E-state index is 12.1. The van der Waals surface area contributed by atoms with Gasteiger partial charge in [-0.2, -0.15) is 4.80 Å². The number of benzene rings is 1. The van der Waals surface area contributed by atoms with Crippen LogP contribution in [0.2, 0.25) is 5.02 Å². The Morgan fingerprint density at radius 3 is 2.80 bits per heavy atom. The number of likely N-dealkylation sites (tertiary alicyclic amines) is 1. The second kappa shape index (κ2) is 7.60. The Morgan fingerprint density at radius 1 is 1.36 bits per heavy atom. The second-order valence-electron chi connectivity index (χ2n) is 6.06. The Kier molecular flexibility index (Phi) is 5.28. The zero-order valence-corrected chi connectivity index (χ0v) is 14.6. The van der Waals surface area contributed by atoms with Gasteiger partial charge in [0, 0.05) is 36.1 Å². The van der Waals surface area contributed by atoms with Gasteiger partial charge in [-0.1, -0.05) is 11.6 Å². The number of rotatable bonds is 6. The number of hydrogen-bond donors (Lipinski definition) is 1. The lowest BCUT2D eigenvalue weighted by atomic mass is 10.2. The maximum Gasteiger partial charge on any atom is 0.243 e. The van der Waals surface area contributed by atoms with Crippen LogP contribution < -0.4 is 5.32 Å². The molecule has 1 aliphatic rings. The van der Waals surface area contributed by atoms with Crippen molar-refractivity contribution in [3.8, 4) is 11.4 Å². The summed E-state index contributed by atoms with van der Waals surface area (Å²) >= 11 is 5.85. The Labute approximate surface area is 150 Å². The predicted octanol–water partition coefficient (Wildman–Crippen LogP) is 1.12. The van der Waals surface area contributed by atoms with Gasteiger partial charge in [-0.15, -0.1) is 10.2 Å². The lowest BCUT2D eigenvalue weighted by Crippen LogP contribution is -2.43. The van der Waals surface area contributed by atoms with E-state index in [0.29, 0.717) is 23.8 Å². The van der Waals surface area contributed by atoms with Crippen molar-refractivity contribution < 1.29 is 9.59 Å². The van der Waals surface area contributed by atoms with E-state index in [1.165, 1.54) is 4.80 Å². The van der Waals surface area contributed by atoms with Gasteiger partial charge in [0.05, 0.1) is 0 Å². The van der Waals surface area contributed by atoms with Gasteiger partial charge in [0.2, 0.25) is 17.6 Å². The first kappa shape index (κ1) is 17.3. The Balaban J connectivity index is 1.52. The molecule has 0 aliphatic carbocycles. The number of aromatic nitrogens is 4. The fourth-order valence-corrected chi connectivity index (χ4v) is 2.87. The van der Waals surface area contributed by atoms with Gasteiger partial charge in [0.25, 0.3) is 0 Å². The van der Waals surface area contributed by atoms with E-state index in [1.54, 1.807) is 29.2 Å². The third-order valence-electron chi connectivity index (χ3n) is 3.91. The van der Waals surface area contributed by atoms with Crippen molar-refractivity contribution in [3.63, 3.8) is 0 Å². The molecule has 1 unspecified atom stereocenters. The summed E-state index contributed by atoms with van der Waals surface area (Å²) in [5.74, 6) is 0.353. The van der Waals surface area contributed by atoms with Gasteiger partial charge in [0.1, 0.15) is 6.54 Å². The predicted molar refractivity (Wildman–Crippen MR) is 91.7 cm³/mol. The summed E-state index contributed by atoms with van der Waals surface area (Å²) in [5, 5.41) is 15.5. The molecule has 1 atom stereocenters. The molecule has 2 heterocycles. The van der Waals surface area contributed by atoms with Crippen LogP contribution >= 0.6 is 11.6 Å². The van der Waals surface area contributed by atoms with E-state index in [-0.39, 0.29) is 24.4 Å². The highest BCUT2D eigenvalue weighted by Crippen LogP contribution is 2.16. The number of carbonyl (C=O) groups excluding carboxylic acids is 2. The number of tetrazole rings is 1. The molecule has 8 nitrogen and oxygen atoms in total. The van der Waals surface area contributed by atoms with Crippen molar-refractivity contribution in [1.82, 2.24) is 30.4 Å². The number of halogens is 1. The molecule has 2 aromatic rings. The number of amides is 2. The molecule has 2 amide bonds. The minimum Gasteiger partial charge on any atom is -0.350 e. The first-order chi connectivity index (χ1) is 12.0. The molecule has 9 heteroatoms. The molecule has 1 fully saturated rings. The maximum atomic E-state index is 12.1. The number of nitrogens with one attached hydrogen (secondary N) is 1. The van der Waals surface area contributed by atoms with Gasteiger partial charge in [-0.05, 0) is 42.8 Å². The molecular formula is C16H19ClN6O2. The zero-order chi connectivity index (χ0) is 17.8. The first-order valence-corrected chi connectivity index (χ1v) is 8.50. The highest BCUT2D eigenvalue weighted by Gasteiger charge is 2.22. The van der Waals surface area contributed by atoms with Crippen LogP contribution in [0.4, 0.5) is 0 Å². The van der Waals surface area contributed by atoms with E-state index < -0.39 is 0 Å². The first-order valence-electron chi connectivity index (χ1n) is 8.12. The van der Waals surface area contributed by atoms with Crippen LogP contribution in [0.25, 0.3) is 11.4 Å². The van der Waals surface area contributed by atoms with Crippen LogP contribution in [0.15, 0.2) is 24.3 Å². The SMILES string of the molecule is CC(CN1CCCC1=O)NC(=O)Cn1nnc(-c2ccc(Cl)cc2)n1. The van der Waals surface area contributed by atoms with Gasteiger partial charge < -0.3 is 10.2 Å². The van der Waals surface area contributed by atoms with E-state index in [0.717, 1.165) is 18.5 Å². The monoisotopic (exact) mass is 362 g/mol. The third kappa shape index (κ3) is 4.54. The largest absolute Gasteiger partial charge is 0.350 e. The van der Waals surface area contributed by atoms with E-state index in [1.807, 2.05) is 6.92 Å². The normalized spacial score (nSPS) is 15.4. The van der Waals surface area contributed by atoms with Crippen molar-refractivity contribution in [1.29, 1.82) is 0 Å². The van der Waals surface area contributed by atoms with E-state index in [9.17, 15) is 9.59 Å². The molecule has 3 rings (SSSR count). The summed E-state index contributed by atoms with van der Waals surface area (Å²) in [5.41, 5.74) is 0.775. The summed E-state index contributed by atoms with van der Waals surface area (Å²) in [6, 6.07) is 6.93. The summed E-state index contributed by atoms with van der Waals surface area (Å²) in [7, 11) is 0. The van der Waals surface area contributed by atoms with Gasteiger partial charge in [0.15, 0.2) is 0 Å². The summed E-state index contributed by atoms with van der Waals surface area (Å²) in [6.07, 6.45) is 1.48. The second-order valence-corrected chi connectivity index (χ2v) is 6.50. The lowest BCUT2D eigenvalue weighted by Gasteiger charge is -2.21. The van der Waals surface area contributed by atoms with Crippen LogP contribution in [0.3, 0.4) is 0 Å². The number of nitrogens with zero attached hydrogens (tertiary/aromatic N) is 5. The molecule has 0 bridgehead atoms. The lowest BCUT2D eigenvalue weighted by molar-refractivity contribution is -0.129. The molecule has 1 aromatic heterocycles. The molecule has 0 saturated carbocycles. The molecule has 0 spiro atoms. The van der Waals surface area contributed by atoms with E-state index in [4.69, 9.17) is 11.6 Å². The Morgan fingerprint density at radius 2 is 2.12 bits per heavy atom. The topological polar surface area (TPSA) is 93.0 Å². The zero-order valence-electron chi connectivity index (χ0n) is 13.9.